The Morgan fingerprint density at radius 3 is 0.643 bits per heavy atom. The van der Waals surface area contributed by atoms with Crippen molar-refractivity contribution in [3.05, 3.63) is 178 Å². The van der Waals surface area contributed by atoms with Crippen molar-refractivity contribution < 1.29 is 28.4 Å². The molecule has 0 bridgehead atoms. The van der Waals surface area contributed by atoms with E-state index in [9.17, 15) is 0 Å². The first-order chi connectivity index (χ1) is 27.0. The van der Waals surface area contributed by atoms with Crippen molar-refractivity contribution in [1.82, 2.24) is 0 Å². The molecule has 0 aliphatic carbocycles. The van der Waals surface area contributed by atoms with Crippen LogP contribution in [-0.2, 0) is 0 Å². The van der Waals surface area contributed by atoms with Crippen LogP contribution in [-0.4, -0.2) is 0 Å². The standard InChI is InChI=1S/C50H46O6/c1-31-19-23-41(27-35(31)5)53-47-45(51-39-15-11-9-12-16-39)49(55-43-25-21-33(3)37(7)29-43)50(56-44-26-22-34(4)38(8)30-44)46(52-40-17-13-10-14-18-40)48(47)54-42-24-20-32(2)36(6)28-42/h9-30H,1-8H3. The van der Waals surface area contributed by atoms with Crippen molar-refractivity contribution >= 4 is 0 Å². The molecule has 0 unspecified atom stereocenters. The van der Waals surface area contributed by atoms with Gasteiger partial charge in [0.05, 0.1) is 0 Å². The summed E-state index contributed by atoms with van der Waals surface area (Å²) in [6.45, 7) is 16.5. The Kier molecular flexibility index (Phi) is 11.0. The third kappa shape index (κ3) is 8.50. The van der Waals surface area contributed by atoms with Crippen molar-refractivity contribution in [1.29, 1.82) is 0 Å². The summed E-state index contributed by atoms with van der Waals surface area (Å²) in [5, 5.41) is 0. The van der Waals surface area contributed by atoms with E-state index in [1.807, 2.05) is 133 Å². The van der Waals surface area contributed by atoms with Crippen molar-refractivity contribution in [2.24, 2.45) is 0 Å². The van der Waals surface area contributed by atoms with Crippen LogP contribution in [0.4, 0.5) is 0 Å². The van der Waals surface area contributed by atoms with Gasteiger partial charge < -0.3 is 28.4 Å². The fourth-order valence-electron chi connectivity index (χ4n) is 5.97. The van der Waals surface area contributed by atoms with Gasteiger partial charge in [-0.2, -0.15) is 0 Å². The molecule has 7 aromatic rings. The summed E-state index contributed by atoms with van der Waals surface area (Å²) in [5.74, 6) is 4.75. The monoisotopic (exact) mass is 742 g/mol. The Labute approximate surface area is 329 Å². The quantitative estimate of drug-likeness (QED) is 0.124. The summed E-state index contributed by atoms with van der Waals surface area (Å²) in [6, 6.07) is 42.8. The van der Waals surface area contributed by atoms with Gasteiger partial charge in [-0.05, 0) is 173 Å². The smallest absolute Gasteiger partial charge is 0.220 e. The summed E-state index contributed by atoms with van der Waals surface area (Å²) < 4.78 is 41.5. The van der Waals surface area contributed by atoms with Gasteiger partial charge in [-0.15, -0.1) is 0 Å². The van der Waals surface area contributed by atoms with Gasteiger partial charge in [0.15, 0.2) is 0 Å². The van der Waals surface area contributed by atoms with Crippen LogP contribution >= 0.6 is 0 Å². The highest BCUT2D eigenvalue weighted by Crippen LogP contribution is 2.63. The molecule has 0 saturated carbocycles. The first kappa shape index (κ1) is 37.6. The topological polar surface area (TPSA) is 55.4 Å². The van der Waals surface area contributed by atoms with Crippen LogP contribution in [0.5, 0.6) is 69.0 Å². The molecule has 56 heavy (non-hydrogen) atoms. The zero-order valence-corrected chi connectivity index (χ0v) is 33.2. The van der Waals surface area contributed by atoms with Crippen LogP contribution in [0.1, 0.15) is 44.5 Å². The van der Waals surface area contributed by atoms with Crippen molar-refractivity contribution in [3.8, 4) is 69.0 Å². The molecule has 0 aliphatic rings. The van der Waals surface area contributed by atoms with Crippen LogP contribution in [0, 0.1) is 55.4 Å². The zero-order valence-electron chi connectivity index (χ0n) is 33.2. The molecular weight excluding hydrogens is 697 g/mol. The minimum absolute atomic E-state index is 0.228. The second kappa shape index (κ2) is 16.4. The van der Waals surface area contributed by atoms with Crippen molar-refractivity contribution in [3.63, 3.8) is 0 Å². The number of para-hydroxylation sites is 2. The first-order valence-corrected chi connectivity index (χ1v) is 18.7. The molecule has 0 atom stereocenters. The number of ether oxygens (including phenoxy) is 6. The lowest BCUT2D eigenvalue weighted by Crippen LogP contribution is -2.04. The predicted octanol–water partition coefficient (Wildman–Crippen LogP) is 14.9. The van der Waals surface area contributed by atoms with E-state index < -0.39 is 0 Å². The van der Waals surface area contributed by atoms with E-state index in [4.69, 9.17) is 28.4 Å². The molecule has 0 saturated heterocycles. The third-order valence-electron chi connectivity index (χ3n) is 9.96. The Morgan fingerprint density at radius 2 is 0.429 bits per heavy atom. The minimum atomic E-state index is 0.228. The van der Waals surface area contributed by atoms with Crippen molar-refractivity contribution in [2.45, 2.75) is 55.4 Å². The molecule has 0 heterocycles. The van der Waals surface area contributed by atoms with E-state index in [1.165, 1.54) is 0 Å². The fourth-order valence-corrected chi connectivity index (χ4v) is 5.97. The second-order valence-electron chi connectivity index (χ2n) is 14.2. The molecule has 7 rings (SSSR count). The minimum Gasteiger partial charge on any atom is -0.449 e. The molecule has 282 valence electrons. The number of benzene rings is 7. The zero-order chi connectivity index (χ0) is 39.3. The van der Waals surface area contributed by atoms with E-state index in [0.717, 1.165) is 44.5 Å². The highest BCUT2D eigenvalue weighted by atomic mass is 16.6. The third-order valence-corrected chi connectivity index (χ3v) is 9.96. The van der Waals surface area contributed by atoms with Crippen molar-refractivity contribution in [2.75, 3.05) is 0 Å². The van der Waals surface area contributed by atoms with E-state index in [1.54, 1.807) is 0 Å². The molecular formula is C50H46O6. The van der Waals surface area contributed by atoms with Gasteiger partial charge in [0.1, 0.15) is 34.5 Å². The second-order valence-corrected chi connectivity index (χ2v) is 14.2. The average Bonchev–Trinajstić information content (AvgIpc) is 3.19. The van der Waals surface area contributed by atoms with Crippen LogP contribution < -0.4 is 28.4 Å². The van der Waals surface area contributed by atoms with Gasteiger partial charge in [0.25, 0.3) is 0 Å². The summed E-state index contributed by atoms with van der Waals surface area (Å²) in [6.07, 6.45) is 0. The lowest BCUT2D eigenvalue weighted by molar-refractivity contribution is 0.326. The Morgan fingerprint density at radius 1 is 0.214 bits per heavy atom. The first-order valence-electron chi connectivity index (χ1n) is 18.7. The van der Waals surface area contributed by atoms with Crippen LogP contribution in [0.25, 0.3) is 0 Å². The Bertz CT molecular complexity index is 2200. The lowest BCUT2D eigenvalue weighted by Gasteiger charge is -2.25. The van der Waals surface area contributed by atoms with Crippen LogP contribution in [0.2, 0.25) is 0 Å². The summed E-state index contributed by atoms with van der Waals surface area (Å²) in [7, 11) is 0. The molecule has 7 aromatic carbocycles. The SMILES string of the molecule is Cc1ccc(Oc2c(Oc3ccccc3)c(Oc3ccc(C)c(C)c3)c(Oc3ccc(C)c(C)c3)c(Oc3ccccc3)c2Oc2ccc(C)c(C)c2)cc1C. The molecule has 6 heteroatoms. The fraction of sp³-hybridized carbons (Fsp3) is 0.160. The number of hydrogen-bond donors (Lipinski definition) is 0. The summed E-state index contributed by atoms with van der Waals surface area (Å²) in [4.78, 5) is 0. The van der Waals surface area contributed by atoms with Gasteiger partial charge in [0.2, 0.25) is 34.5 Å². The number of hydrogen-bond acceptors (Lipinski definition) is 6. The lowest BCUT2D eigenvalue weighted by atomic mass is 10.1. The summed E-state index contributed by atoms with van der Waals surface area (Å²) in [5.41, 5.74) is 8.78. The molecule has 0 fully saturated rings. The largest absolute Gasteiger partial charge is 0.449 e. The van der Waals surface area contributed by atoms with Crippen LogP contribution in [0.3, 0.4) is 0 Å². The Balaban J connectivity index is 1.60. The highest BCUT2D eigenvalue weighted by molar-refractivity contribution is 5.77. The maximum Gasteiger partial charge on any atom is 0.220 e. The summed E-state index contributed by atoms with van der Waals surface area (Å²) >= 11 is 0. The molecule has 0 N–H and O–H groups in total. The predicted molar refractivity (Wildman–Crippen MR) is 223 cm³/mol. The highest BCUT2D eigenvalue weighted by Gasteiger charge is 2.35. The number of rotatable bonds is 12. The van der Waals surface area contributed by atoms with Gasteiger partial charge in [-0.25, -0.2) is 0 Å². The van der Waals surface area contributed by atoms with E-state index in [2.05, 4.69) is 55.4 Å². The van der Waals surface area contributed by atoms with Gasteiger partial charge in [0, 0.05) is 0 Å². The molecule has 0 aliphatic heterocycles. The normalized spacial score (nSPS) is 10.9. The average molecular weight is 743 g/mol. The molecule has 0 aromatic heterocycles. The van der Waals surface area contributed by atoms with Gasteiger partial charge in [-0.3, -0.25) is 0 Å². The maximum absolute atomic E-state index is 6.95. The van der Waals surface area contributed by atoms with E-state index in [-0.39, 0.29) is 34.5 Å². The van der Waals surface area contributed by atoms with E-state index >= 15 is 0 Å². The molecule has 0 amide bonds. The maximum atomic E-state index is 6.95. The van der Waals surface area contributed by atoms with Gasteiger partial charge in [-0.1, -0.05) is 60.7 Å². The van der Waals surface area contributed by atoms with E-state index in [0.29, 0.717) is 34.5 Å². The van der Waals surface area contributed by atoms with Crippen LogP contribution in [0.15, 0.2) is 133 Å². The van der Waals surface area contributed by atoms with Gasteiger partial charge >= 0.3 is 0 Å². The molecule has 6 nitrogen and oxygen atoms in total. The molecule has 0 radical (unpaired) electrons. The Hall–Kier alpha value is -6.66. The molecule has 0 spiro atoms. The number of aryl methyl sites for hydroxylation is 8.